The van der Waals surface area contributed by atoms with Gasteiger partial charge >= 0.3 is 0 Å². The van der Waals surface area contributed by atoms with E-state index >= 15 is 0 Å². The van der Waals surface area contributed by atoms with Gasteiger partial charge in [0.2, 0.25) is 0 Å². The van der Waals surface area contributed by atoms with Gasteiger partial charge < -0.3 is 5.32 Å². The molecule has 116 valence electrons. The molecule has 0 fully saturated rings. The summed E-state index contributed by atoms with van der Waals surface area (Å²) >= 11 is 0. The van der Waals surface area contributed by atoms with Crippen LogP contribution in [0, 0.1) is 5.41 Å². The number of fused-ring (bicyclic) bond motifs is 3. The topological polar surface area (TPSA) is 70.7 Å². The molecule has 0 spiro atoms. The molecular weight excluding hydrogens is 288 g/mol. The van der Waals surface area contributed by atoms with Crippen LogP contribution in [0.3, 0.4) is 0 Å². The minimum Gasteiger partial charge on any atom is -0.342 e. The first-order valence-corrected chi connectivity index (χ1v) is 7.69. The second kappa shape index (κ2) is 4.65. The molecule has 2 aliphatic carbocycles. The second-order valence-corrected chi connectivity index (χ2v) is 7.05. The van der Waals surface area contributed by atoms with Crippen molar-refractivity contribution in [3.8, 4) is 11.1 Å². The summed E-state index contributed by atoms with van der Waals surface area (Å²) in [6.07, 6.45) is 1.75. The molecule has 0 aromatic carbocycles. The smallest absolute Gasteiger partial charge is 0.270 e. The molecule has 0 saturated carbocycles. The van der Waals surface area contributed by atoms with Crippen molar-refractivity contribution in [3.63, 3.8) is 0 Å². The number of aromatic amines is 1. The van der Waals surface area contributed by atoms with Gasteiger partial charge in [-0.1, -0.05) is 26.8 Å². The highest BCUT2D eigenvalue weighted by Gasteiger charge is 2.31. The van der Waals surface area contributed by atoms with Crippen LogP contribution < -0.4 is 5.32 Å². The summed E-state index contributed by atoms with van der Waals surface area (Å²) in [6, 6.07) is 9.64. The van der Waals surface area contributed by atoms with E-state index in [-0.39, 0.29) is 17.4 Å². The van der Waals surface area contributed by atoms with Gasteiger partial charge in [0.05, 0.1) is 11.7 Å². The van der Waals surface area contributed by atoms with Gasteiger partial charge in [0.25, 0.3) is 5.91 Å². The van der Waals surface area contributed by atoms with Crippen molar-refractivity contribution in [2.45, 2.75) is 26.8 Å². The summed E-state index contributed by atoms with van der Waals surface area (Å²) in [5.41, 5.74) is 4.43. The summed E-state index contributed by atoms with van der Waals surface area (Å²) in [6.45, 7) is 6.27. The van der Waals surface area contributed by atoms with Crippen LogP contribution in [0.5, 0.6) is 0 Å². The molecule has 0 radical (unpaired) electrons. The van der Waals surface area contributed by atoms with Crippen LogP contribution in [-0.4, -0.2) is 21.1 Å². The molecule has 1 atom stereocenters. The summed E-state index contributed by atoms with van der Waals surface area (Å²) in [5.74, 6) is -0.150. The number of hydrogen-bond acceptors (Lipinski definition) is 3. The number of benzene rings is 1. The second-order valence-electron chi connectivity index (χ2n) is 7.05. The molecule has 2 aromatic rings. The quantitative estimate of drug-likeness (QED) is 0.609. The first-order chi connectivity index (χ1) is 10.9. The van der Waals surface area contributed by atoms with Gasteiger partial charge in [-0.25, -0.2) is 0 Å². The van der Waals surface area contributed by atoms with E-state index in [1.807, 2.05) is 24.3 Å². The van der Waals surface area contributed by atoms with E-state index in [9.17, 15) is 4.79 Å². The molecule has 5 nitrogen and oxygen atoms in total. The number of carbonyl (C=O) groups is 1. The van der Waals surface area contributed by atoms with Crippen LogP contribution in [0.1, 0.15) is 43.0 Å². The lowest BCUT2D eigenvalue weighted by Crippen LogP contribution is -2.37. The van der Waals surface area contributed by atoms with Gasteiger partial charge in [-0.3, -0.25) is 14.9 Å². The maximum absolute atomic E-state index is 12.8. The number of rotatable bonds is 3. The Morgan fingerprint density at radius 1 is 1.26 bits per heavy atom. The Kier molecular flexibility index (Phi) is 2.82. The fourth-order valence-electron chi connectivity index (χ4n) is 2.95. The third-order valence-electron chi connectivity index (χ3n) is 4.24. The van der Waals surface area contributed by atoms with Gasteiger partial charge in [-0.2, -0.15) is 5.10 Å². The normalized spacial score (nSPS) is 13.9. The first-order valence-electron chi connectivity index (χ1n) is 7.69. The molecular formula is C18H18N4O. The fourth-order valence-corrected chi connectivity index (χ4v) is 2.95. The minimum absolute atomic E-state index is 0.150. The molecule has 0 saturated heterocycles. The predicted octanol–water partition coefficient (Wildman–Crippen LogP) is 3.46. The van der Waals surface area contributed by atoms with E-state index in [2.05, 4.69) is 47.3 Å². The van der Waals surface area contributed by atoms with E-state index in [1.165, 1.54) is 5.56 Å². The highest BCUT2D eigenvalue weighted by atomic mass is 16.2. The molecule has 4 rings (SSSR count). The number of nitrogens with zero attached hydrogens (tertiary/aromatic N) is 2. The minimum atomic E-state index is -0.182. The van der Waals surface area contributed by atoms with Crippen molar-refractivity contribution in [3.05, 3.63) is 47.9 Å². The summed E-state index contributed by atoms with van der Waals surface area (Å²) in [4.78, 5) is 17.2. The van der Waals surface area contributed by atoms with Crippen molar-refractivity contribution in [1.82, 2.24) is 20.5 Å². The maximum atomic E-state index is 12.8. The van der Waals surface area contributed by atoms with Crippen molar-refractivity contribution >= 4 is 16.8 Å². The monoisotopic (exact) mass is 306 g/mol. The molecule has 5 heteroatoms. The van der Waals surface area contributed by atoms with E-state index in [4.69, 9.17) is 0 Å². The van der Waals surface area contributed by atoms with Crippen LogP contribution in [0.25, 0.3) is 22.0 Å². The third kappa shape index (κ3) is 2.29. The zero-order chi connectivity index (χ0) is 16.2. The van der Waals surface area contributed by atoms with Crippen LogP contribution in [-0.2, 0) is 0 Å². The fraction of sp³-hybridized carbons (Fsp3) is 0.278. The Morgan fingerprint density at radius 3 is 2.78 bits per heavy atom. The number of aromatic nitrogens is 3. The SMILES string of the molecule is CC(C)(C)[C@@H](NC(=O)c1[nH]nc2c3cc-3cc12)c1ccccn1. The lowest BCUT2D eigenvalue weighted by atomic mass is 9.84. The zero-order valence-electron chi connectivity index (χ0n) is 13.3. The third-order valence-corrected chi connectivity index (χ3v) is 4.24. The predicted molar refractivity (Wildman–Crippen MR) is 89.0 cm³/mol. The average Bonchev–Trinajstić information content (AvgIpc) is 2.99. The Hall–Kier alpha value is -2.69. The average molecular weight is 306 g/mol. The van der Waals surface area contributed by atoms with Crippen molar-refractivity contribution in [2.75, 3.05) is 0 Å². The highest BCUT2D eigenvalue weighted by molar-refractivity contribution is 6.14. The lowest BCUT2D eigenvalue weighted by Gasteiger charge is -2.30. The summed E-state index contributed by atoms with van der Waals surface area (Å²) in [5, 5.41) is 11.1. The Balaban J connectivity index is 1.66. The molecule has 2 aliphatic rings. The summed E-state index contributed by atoms with van der Waals surface area (Å²) < 4.78 is 0. The van der Waals surface area contributed by atoms with E-state index < -0.39 is 0 Å². The number of nitrogens with one attached hydrogen (secondary N) is 2. The maximum Gasteiger partial charge on any atom is 0.270 e. The van der Waals surface area contributed by atoms with Crippen molar-refractivity contribution in [2.24, 2.45) is 5.41 Å². The molecule has 2 N–H and O–H groups in total. The van der Waals surface area contributed by atoms with Crippen LogP contribution in [0.4, 0.5) is 0 Å². The Morgan fingerprint density at radius 2 is 2.09 bits per heavy atom. The molecule has 0 aliphatic heterocycles. The van der Waals surface area contributed by atoms with Crippen molar-refractivity contribution in [1.29, 1.82) is 0 Å². The number of hydrogen-bond donors (Lipinski definition) is 2. The van der Waals surface area contributed by atoms with Gasteiger partial charge in [0.15, 0.2) is 0 Å². The van der Waals surface area contributed by atoms with Gasteiger partial charge in [0.1, 0.15) is 11.2 Å². The molecule has 1 amide bonds. The Bertz CT molecular complexity index is 906. The lowest BCUT2D eigenvalue weighted by molar-refractivity contribution is 0.0896. The summed E-state index contributed by atoms with van der Waals surface area (Å²) in [7, 11) is 0. The van der Waals surface area contributed by atoms with E-state index in [1.54, 1.807) is 6.20 Å². The van der Waals surface area contributed by atoms with E-state index in [0.717, 1.165) is 22.2 Å². The number of pyridine rings is 1. The van der Waals surface area contributed by atoms with Crippen LogP contribution >= 0.6 is 0 Å². The largest absolute Gasteiger partial charge is 0.342 e. The number of amides is 1. The molecule has 2 heterocycles. The van der Waals surface area contributed by atoms with Gasteiger partial charge in [-0.05, 0) is 35.2 Å². The van der Waals surface area contributed by atoms with Crippen LogP contribution in [0.15, 0.2) is 36.5 Å². The standard InChI is InChI=1S/C18H18N4O/c1-18(2,3)16(13-6-4-5-7-19-13)20-17(23)15-12-9-10-8-11(10)14(12)21-22-15/h4-9,16H,1-3H3,(H,20,23)(H,21,22)/t16-/m0/s1. The zero-order valence-corrected chi connectivity index (χ0v) is 13.3. The Labute approximate surface area is 134 Å². The van der Waals surface area contributed by atoms with Crippen LogP contribution in [0.2, 0.25) is 0 Å². The first kappa shape index (κ1) is 13.9. The molecule has 23 heavy (non-hydrogen) atoms. The molecule has 2 aromatic heterocycles. The van der Waals surface area contributed by atoms with E-state index in [0.29, 0.717) is 5.69 Å². The molecule has 0 bridgehead atoms. The number of carbonyl (C=O) groups excluding carboxylic acids is 1. The highest BCUT2D eigenvalue weighted by Crippen LogP contribution is 2.43. The van der Waals surface area contributed by atoms with Crippen molar-refractivity contribution < 1.29 is 4.79 Å². The van der Waals surface area contributed by atoms with Gasteiger partial charge in [0, 0.05) is 17.1 Å². The number of H-pyrrole nitrogens is 1. The van der Waals surface area contributed by atoms with Gasteiger partial charge in [-0.15, -0.1) is 0 Å². The molecule has 0 unspecified atom stereocenters.